The van der Waals surface area contributed by atoms with Crippen molar-refractivity contribution in [2.45, 2.75) is 13.5 Å². The number of nitrogens with one attached hydrogen (secondary N) is 1. The topological polar surface area (TPSA) is 47.0 Å². The third-order valence-electron chi connectivity index (χ3n) is 2.27. The van der Waals surface area contributed by atoms with Crippen molar-refractivity contribution < 1.29 is 4.74 Å². The van der Waals surface area contributed by atoms with Crippen LogP contribution in [0.3, 0.4) is 0 Å². The SMILES string of the molecule is CCOc1ccc(NCc2ccncc2)cn1. The number of aromatic nitrogens is 2. The van der Waals surface area contributed by atoms with Gasteiger partial charge >= 0.3 is 0 Å². The summed E-state index contributed by atoms with van der Waals surface area (Å²) in [6, 6.07) is 7.78. The normalized spacial score (nSPS) is 9.94. The van der Waals surface area contributed by atoms with Gasteiger partial charge in [-0.05, 0) is 30.7 Å². The van der Waals surface area contributed by atoms with Gasteiger partial charge in [0.25, 0.3) is 0 Å². The third-order valence-corrected chi connectivity index (χ3v) is 2.27. The van der Waals surface area contributed by atoms with Gasteiger partial charge in [0.15, 0.2) is 0 Å². The first-order chi connectivity index (χ1) is 8.38. The molecule has 0 saturated carbocycles. The molecule has 1 N–H and O–H groups in total. The Balaban J connectivity index is 1.91. The fraction of sp³-hybridized carbons (Fsp3) is 0.231. The molecule has 88 valence electrons. The third kappa shape index (κ3) is 3.45. The number of rotatable bonds is 5. The summed E-state index contributed by atoms with van der Waals surface area (Å²) in [5.41, 5.74) is 2.17. The largest absolute Gasteiger partial charge is 0.478 e. The Morgan fingerprint density at radius 1 is 1.18 bits per heavy atom. The minimum absolute atomic E-state index is 0.636. The first-order valence-corrected chi connectivity index (χ1v) is 5.60. The maximum absolute atomic E-state index is 5.28. The molecule has 4 heteroatoms. The van der Waals surface area contributed by atoms with Crippen LogP contribution in [0.25, 0.3) is 0 Å². The minimum atomic E-state index is 0.636. The minimum Gasteiger partial charge on any atom is -0.478 e. The summed E-state index contributed by atoms with van der Waals surface area (Å²) < 4.78 is 5.28. The van der Waals surface area contributed by atoms with Gasteiger partial charge in [0.05, 0.1) is 18.5 Å². The Labute approximate surface area is 101 Å². The van der Waals surface area contributed by atoms with Crippen LogP contribution in [0, 0.1) is 0 Å². The van der Waals surface area contributed by atoms with E-state index >= 15 is 0 Å². The molecule has 0 aromatic carbocycles. The molecule has 0 saturated heterocycles. The summed E-state index contributed by atoms with van der Waals surface area (Å²) in [7, 11) is 0. The Morgan fingerprint density at radius 2 is 2.00 bits per heavy atom. The van der Waals surface area contributed by atoms with Gasteiger partial charge in [-0.25, -0.2) is 4.98 Å². The zero-order valence-electron chi connectivity index (χ0n) is 9.76. The Bertz CT molecular complexity index is 442. The molecule has 17 heavy (non-hydrogen) atoms. The molecule has 0 amide bonds. The van der Waals surface area contributed by atoms with Crippen molar-refractivity contribution >= 4 is 5.69 Å². The van der Waals surface area contributed by atoms with Crippen LogP contribution in [-0.4, -0.2) is 16.6 Å². The summed E-state index contributed by atoms with van der Waals surface area (Å²) in [6.45, 7) is 3.34. The van der Waals surface area contributed by atoms with Gasteiger partial charge in [-0.3, -0.25) is 4.98 Å². The number of hydrogen-bond donors (Lipinski definition) is 1. The van der Waals surface area contributed by atoms with Crippen LogP contribution in [0.1, 0.15) is 12.5 Å². The van der Waals surface area contributed by atoms with Crippen molar-refractivity contribution in [2.75, 3.05) is 11.9 Å². The highest BCUT2D eigenvalue weighted by atomic mass is 16.5. The predicted molar refractivity (Wildman–Crippen MR) is 67.0 cm³/mol. The fourth-order valence-corrected chi connectivity index (χ4v) is 1.42. The lowest BCUT2D eigenvalue weighted by atomic mass is 10.2. The highest BCUT2D eigenvalue weighted by molar-refractivity contribution is 5.42. The molecule has 0 spiro atoms. The number of anilines is 1. The van der Waals surface area contributed by atoms with Crippen molar-refractivity contribution in [1.29, 1.82) is 0 Å². The average Bonchev–Trinajstić information content (AvgIpc) is 2.40. The number of nitrogens with zero attached hydrogens (tertiary/aromatic N) is 2. The quantitative estimate of drug-likeness (QED) is 0.855. The van der Waals surface area contributed by atoms with Crippen LogP contribution in [0.5, 0.6) is 5.88 Å². The second-order valence-corrected chi connectivity index (χ2v) is 3.53. The molecule has 2 aromatic heterocycles. The van der Waals surface area contributed by atoms with Crippen LogP contribution in [0.15, 0.2) is 42.9 Å². The summed E-state index contributed by atoms with van der Waals surface area (Å²) >= 11 is 0. The van der Waals surface area contributed by atoms with Crippen LogP contribution >= 0.6 is 0 Å². The predicted octanol–water partition coefficient (Wildman–Crippen LogP) is 2.49. The second kappa shape index (κ2) is 5.84. The van der Waals surface area contributed by atoms with Gasteiger partial charge in [-0.2, -0.15) is 0 Å². The van der Waals surface area contributed by atoms with Crippen molar-refractivity contribution in [3.8, 4) is 5.88 Å². The summed E-state index contributed by atoms with van der Waals surface area (Å²) in [4.78, 5) is 8.16. The molecule has 0 aliphatic rings. The number of hydrogen-bond acceptors (Lipinski definition) is 4. The van der Waals surface area contributed by atoms with Crippen molar-refractivity contribution in [1.82, 2.24) is 9.97 Å². The van der Waals surface area contributed by atoms with Gasteiger partial charge in [0.1, 0.15) is 0 Å². The van der Waals surface area contributed by atoms with E-state index in [9.17, 15) is 0 Å². The molecule has 0 fully saturated rings. The van der Waals surface area contributed by atoms with Gasteiger partial charge in [-0.1, -0.05) is 0 Å². The lowest BCUT2D eigenvalue weighted by Crippen LogP contribution is -2.00. The van der Waals surface area contributed by atoms with Gasteiger partial charge in [0.2, 0.25) is 5.88 Å². The second-order valence-electron chi connectivity index (χ2n) is 3.53. The smallest absolute Gasteiger partial charge is 0.213 e. The maximum Gasteiger partial charge on any atom is 0.213 e. The molecule has 2 aromatic rings. The van der Waals surface area contributed by atoms with E-state index in [0.717, 1.165) is 12.2 Å². The summed E-state index contributed by atoms with van der Waals surface area (Å²) in [6.07, 6.45) is 5.34. The Morgan fingerprint density at radius 3 is 2.65 bits per heavy atom. The zero-order valence-corrected chi connectivity index (χ0v) is 9.76. The molecular formula is C13H15N3O. The van der Waals surface area contributed by atoms with Gasteiger partial charge in [-0.15, -0.1) is 0 Å². The van der Waals surface area contributed by atoms with Crippen molar-refractivity contribution in [3.05, 3.63) is 48.4 Å². The van der Waals surface area contributed by atoms with E-state index in [4.69, 9.17) is 4.74 Å². The molecule has 0 aliphatic carbocycles. The molecule has 0 aliphatic heterocycles. The number of pyridine rings is 2. The molecule has 2 rings (SSSR count). The van der Waals surface area contributed by atoms with Crippen LogP contribution in [0.4, 0.5) is 5.69 Å². The lowest BCUT2D eigenvalue weighted by Gasteiger charge is -2.07. The Hall–Kier alpha value is -2.10. The molecule has 2 heterocycles. The van der Waals surface area contributed by atoms with E-state index in [0.29, 0.717) is 12.5 Å². The summed E-state index contributed by atoms with van der Waals surface area (Å²) in [5, 5.41) is 3.28. The first-order valence-electron chi connectivity index (χ1n) is 5.60. The van der Waals surface area contributed by atoms with Crippen LogP contribution in [-0.2, 0) is 6.54 Å². The molecule has 0 bridgehead atoms. The molecule has 0 atom stereocenters. The van der Waals surface area contributed by atoms with E-state index < -0.39 is 0 Å². The average molecular weight is 229 g/mol. The van der Waals surface area contributed by atoms with Gasteiger partial charge in [0, 0.05) is 25.0 Å². The molecular weight excluding hydrogens is 214 g/mol. The van der Waals surface area contributed by atoms with Crippen molar-refractivity contribution in [3.63, 3.8) is 0 Å². The molecule has 0 unspecified atom stereocenters. The number of ether oxygens (including phenoxy) is 1. The van der Waals surface area contributed by atoms with E-state index in [-0.39, 0.29) is 0 Å². The highest BCUT2D eigenvalue weighted by Gasteiger charge is 1.96. The highest BCUT2D eigenvalue weighted by Crippen LogP contribution is 2.12. The maximum atomic E-state index is 5.28. The van der Waals surface area contributed by atoms with Crippen LogP contribution in [0.2, 0.25) is 0 Å². The van der Waals surface area contributed by atoms with Crippen LogP contribution < -0.4 is 10.1 Å². The lowest BCUT2D eigenvalue weighted by molar-refractivity contribution is 0.327. The van der Waals surface area contributed by atoms with E-state index in [1.54, 1.807) is 18.6 Å². The molecule has 4 nitrogen and oxygen atoms in total. The fourth-order valence-electron chi connectivity index (χ4n) is 1.42. The monoisotopic (exact) mass is 229 g/mol. The van der Waals surface area contributed by atoms with E-state index in [2.05, 4.69) is 15.3 Å². The zero-order chi connectivity index (χ0) is 11.9. The van der Waals surface area contributed by atoms with E-state index in [1.807, 2.05) is 31.2 Å². The summed E-state index contributed by atoms with van der Waals surface area (Å²) in [5.74, 6) is 0.655. The van der Waals surface area contributed by atoms with E-state index in [1.165, 1.54) is 5.56 Å². The first kappa shape index (κ1) is 11.4. The standard InChI is InChI=1S/C13H15N3O/c1-2-17-13-4-3-12(10-16-13)15-9-11-5-7-14-8-6-11/h3-8,10,15H,2,9H2,1H3. The van der Waals surface area contributed by atoms with Crippen molar-refractivity contribution in [2.24, 2.45) is 0 Å². The van der Waals surface area contributed by atoms with Gasteiger partial charge < -0.3 is 10.1 Å². The molecule has 0 radical (unpaired) electrons. The Kier molecular flexibility index (Phi) is 3.91.